The Labute approximate surface area is 236 Å². The first-order valence-electron chi connectivity index (χ1n) is 13.4. The molecule has 5 rings (SSSR count). The van der Waals surface area contributed by atoms with Gasteiger partial charge in [-0.05, 0) is 58.4 Å². The van der Waals surface area contributed by atoms with E-state index < -0.39 is 76.4 Å². The Bertz CT molecular complexity index is 1330. The van der Waals surface area contributed by atoms with E-state index in [9.17, 15) is 24.3 Å². The molecule has 2 bridgehead atoms. The van der Waals surface area contributed by atoms with E-state index in [0.29, 0.717) is 0 Å². The van der Waals surface area contributed by atoms with Gasteiger partial charge in [-0.2, -0.15) is 0 Å². The highest BCUT2D eigenvalue weighted by molar-refractivity contribution is 5.87. The summed E-state index contributed by atoms with van der Waals surface area (Å²) in [6.45, 7) is 9.06. The van der Waals surface area contributed by atoms with Crippen molar-refractivity contribution in [1.82, 2.24) is 0 Å². The number of hydrogen-bond acceptors (Lipinski definition) is 12. The molecular formula is C29H34O12. The molecule has 2 aromatic rings. The molecule has 3 aliphatic rings. The van der Waals surface area contributed by atoms with Crippen LogP contribution in [0, 0.1) is 11.3 Å². The smallest absolute Gasteiger partial charge is 0.374 e. The lowest BCUT2D eigenvalue weighted by Gasteiger charge is -2.65. The maximum atomic E-state index is 13.3. The minimum Gasteiger partial charge on any atom is -0.458 e. The van der Waals surface area contributed by atoms with Crippen LogP contribution in [0.3, 0.4) is 0 Å². The van der Waals surface area contributed by atoms with E-state index in [1.54, 1.807) is 20.8 Å². The number of fused-ring (bicyclic) bond motifs is 1. The van der Waals surface area contributed by atoms with Gasteiger partial charge < -0.3 is 37.6 Å². The molecule has 2 saturated carbocycles. The van der Waals surface area contributed by atoms with Crippen molar-refractivity contribution in [2.24, 2.45) is 11.3 Å². The third-order valence-electron chi connectivity index (χ3n) is 8.89. The molecule has 12 heteroatoms. The van der Waals surface area contributed by atoms with Gasteiger partial charge in [0.1, 0.15) is 23.9 Å². The second kappa shape index (κ2) is 9.73. The first kappa shape index (κ1) is 28.9. The van der Waals surface area contributed by atoms with Gasteiger partial charge in [-0.15, -0.1) is 0 Å². The van der Waals surface area contributed by atoms with Gasteiger partial charge in [0.2, 0.25) is 11.5 Å². The van der Waals surface area contributed by atoms with Crippen molar-refractivity contribution >= 4 is 23.9 Å². The van der Waals surface area contributed by atoms with Crippen molar-refractivity contribution < 1.29 is 56.8 Å². The lowest BCUT2D eigenvalue weighted by Crippen LogP contribution is -2.81. The molecule has 3 fully saturated rings. The van der Waals surface area contributed by atoms with Crippen molar-refractivity contribution in [1.29, 1.82) is 0 Å². The molecule has 1 saturated heterocycles. The lowest BCUT2D eigenvalue weighted by atomic mass is 9.47. The molecule has 41 heavy (non-hydrogen) atoms. The summed E-state index contributed by atoms with van der Waals surface area (Å²) in [7, 11) is 0. The van der Waals surface area contributed by atoms with Crippen molar-refractivity contribution in [3.8, 4) is 0 Å². The van der Waals surface area contributed by atoms with Crippen LogP contribution in [0.5, 0.6) is 0 Å². The van der Waals surface area contributed by atoms with Crippen LogP contribution in [-0.4, -0.2) is 70.2 Å². The summed E-state index contributed by atoms with van der Waals surface area (Å²) in [5.41, 5.74) is -6.34. The van der Waals surface area contributed by atoms with E-state index in [0.717, 1.165) is 0 Å². The minimum absolute atomic E-state index is 0.0588. The molecule has 3 heterocycles. The summed E-state index contributed by atoms with van der Waals surface area (Å²) in [6.07, 6.45) is -2.15. The number of carbonyl (C=O) groups excluding carboxylic acids is 4. The Hall–Kier alpha value is -3.64. The highest BCUT2D eigenvalue weighted by Gasteiger charge is 2.84. The Morgan fingerprint density at radius 1 is 0.829 bits per heavy atom. The van der Waals surface area contributed by atoms with E-state index in [1.807, 2.05) is 0 Å². The average Bonchev–Trinajstić information content (AvgIpc) is 3.61. The van der Waals surface area contributed by atoms with Crippen LogP contribution in [0.2, 0.25) is 0 Å². The first-order chi connectivity index (χ1) is 19.1. The molecule has 2 unspecified atom stereocenters. The number of rotatable bonds is 6. The topological polar surface area (TPSA) is 161 Å². The van der Waals surface area contributed by atoms with Crippen LogP contribution in [0.1, 0.15) is 75.5 Å². The monoisotopic (exact) mass is 574 g/mol. The summed E-state index contributed by atoms with van der Waals surface area (Å²) < 4.78 is 40.8. The van der Waals surface area contributed by atoms with Crippen LogP contribution in [0.15, 0.2) is 45.6 Å². The van der Waals surface area contributed by atoms with Crippen molar-refractivity contribution in [2.45, 2.75) is 95.6 Å². The Morgan fingerprint density at radius 2 is 1.39 bits per heavy atom. The molecule has 1 aliphatic heterocycles. The second-order valence-corrected chi connectivity index (χ2v) is 11.9. The Balaban J connectivity index is 1.71. The van der Waals surface area contributed by atoms with Gasteiger partial charge in [0.25, 0.3) is 0 Å². The summed E-state index contributed by atoms with van der Waals surface area (Å²) in [6, 6.07) is 5.95. The highest BCUT2D eigenvalue weighted by atomic mass is 16.6. The molecule has 12 nitrogen and oxygen atoms in total. The van der Waals surface area contributed by atoms with Crippen molar-refractivity contribution in [3.05, 3.63) is 48.3 Å². The molecule has 8 atom stereocenters. The average molecular weight is 575 g/mol. The van der Waals surface area contributed by atoms with Gasteiger partial charge >= 0.3 is 23.9 Å². The molecule has 0 radical (unpaired) electrons. The molecular weight excluding hydrogens is 540 g/mol. The van der Waals surface area contributed by atoms with Gasteiger partial charge in [-0.1, -0.05) is 0 Å². The van der Waals surface area contributed by atoms with Crippen LogP contribution in [0.4, 0.5) is 0 Å². The zero-order valence-corrected chi connectivity index (χ0v) is 23.7. The van der Waals surface area contributed by atoms with E-state index >= 15 is 0 Å². The van der Waals surface area contributed by atoms with E-state index in [1.165, 1.54) is 57.6 Å². The van der Waals surface area contributed by atoms with Gasteiger partial charge in [-0.25, -0.2) is 9.59 Å². The van der Waals surface area contributed by atoms with Crippen LogP contribution in [-0.2, 0) is 33.3 Å². The maximum absolute atomic E-state index is 13.3. The molecule has 222 valence electrons. The van der Waals surface area contributed by atoms with Crippen molar-refractivity contribution in [3.63, 3.8) is 0 Å². The summed E-state index contributed by atoms with van der Waals surface area (Å²) in [5.74, 6) is -3.69. The number of aliphatic hydroxyl groups is 1. The number of carbonyl (C=O) groups is 4. The number of esters is 4. The van der Waals surface area contributed by atoms with Crippen LogP contribution in [0.25, 0.3) is 0 Å². The molecule has 2 aromatic heterocycles. The fraction of sp³-hybridized carbons (Fsp3) is 0.586. The SMILES string of the molecule is CC(=O)O[C@H]1CC(C)(O)[C@]23OC(C)(C)C(C[C@H](OC(=O)c4ccco4)[C@]2(C)[C@H]1OC(C)=O)[C@H]3OC(=O)c1ccco1. The van der Waals surface area contributed by atoms with E-state index in [2.05, 4.69) is 0 Å². The lowest BCUT2D eigenvalue weighted by molar-refractivity contribution is -0.343. The fourth-order valence-corrected chi connectivity index (χ4v) is 7.34. The molecule has 1 N–H and O–H groups in total. The third kappa shape index (κ3) is 4.35. The molecule has 0 amide bonds. The van der Waals surface area contributed by atoms with E-state index in [-0.39, 0.29) is 24.4 Å². The number of furan rings is 2. The predicted molar refractivity (Wildman–Crippen MR) is 136 cm³/mol. The number of ether oxygens (including phenoxy) is 5. The second-order valence-electron chi connectivity index (χ2n) is 11.9. The van der Waals surface area contributed by atoms with Gasteiger partial charge in [0, 0.05) is 26.2 Å². The zero-order chi connectivity index (χ0) is 30.0. The fourth-order valence-electron chi connectivity index (χ4n) is 7.34. The molecule has 0 aromatic carbocycles. The minimum atomic E-state index is -1.87. The van der Waals surface area contributed by atoms with Gasteiger partial charge in [0.15, 0.2) is 6.10 Å². The van der Waals surface area contributed by atoms with Crippen molar-refractivity contribution in [2.75, 3.05) is 0 Å². The molecule has 1 spiro atoms. The zero-order valence-electron chi connectivity index (χ0n) is 23.7. The van der Waals surface area contributed by atoms with Crippen LogP contribution < -0.4 is 0 Å². The number of hydrogen-bond donors (Lipinski definition) is 1. The maximum Gasteiger partial charge on any atom is 0.374 e. The first-order valence-corrected chi connectivity index (χ1v) is 13.4. The summed E-state index contributed by atoms with van der Waals surface area (Å²) >= 11 is 0. The standard InChI is InChI=1S/C29H34O12/c1-15(30)37-20-14-27(5,34)29-22(40-25(33)19-10-8-12-36-19)17(26(3,4)41-29)13-21(28(29,6)23(20)38-16(2)31)39-24(32)18-9-7-11-35-18/h7-12,17,20-23,34H,13-14H2,1-6H3/t17?,20-,21-,22+,23-,27?,28+,29-/m0/s1. The van der Waals surface area contributed by atoms with Gasteiger partial charge in [-0.3, -0.25) is 9.59 Å². The van der Waals surface area contributed by atoms with E-state index in [4.69, 9.17) is 32.5 Å². The normalized spacial score (nSPS) is 37.0. The largest absolute Gasteiger partial charge is 0.458 e. The highest BCUT2D eigenvalue weighted by Crippen LogP contribution is 2.69. The predicted octanol–water partition coefficient (Wildman–Crippen LogP) is 3.22. The van der Waals surface area contributed by atoms with Crippen LogP contribution >= 0.6 is 0 Å². The summed E-state index contributed by atoms with van der Waals surface area (Å²) in [5, 5.41) is 12.3. The summed E-state index contributed by atoms with van der Waals surface area (Å²) in [4.78, 5) is 51.2. The quantitative estimate of drug-likeness (QED) is 0.397. The van der Waals surface area contributed by atoms with Gasteiger partial charge in [0.05, 0.1) is 29.1 Å². The Kier molecular flexibility index (Phi) is 6.85. The Morgan fingerprint density at radius 3 is 1.90 bits per heavy atom. The molecule has 2 aliphatic carbocycles. The third-order valence-corrected chi connectivity index (χ3v) is 8.89.